The van der Waals surface area contributed by atoms with Gasteiger partial charge in [0.2, 0.25) is 5.91 Å². The summed E-state index contributed by atoms with van der Waals surface area (Å²) in [5.41, 5.74) is 3.30. The standard InChI is InChI=1S/C17H13N7O/c18-3-6-22-10-14(9-21-22)13-7-16-15(1-4-20-24(16)11-13)23-5-2-12(8-19)17(23)25/h1,4,7,9-12H,2,5-6H2. The monoisotopic (exact) mass is 331 g/mol. The molecule has 4 rings (SSSR count). The lowest BCUT2D eigenvalue weighted by Crippen LogP contribution is -2.27. The lowest BCUT2D eigenvalue weighted by Gasteiger charge is -2.16. The topological polar surface area (TPSA) is 103 Å². The van der Waals surface area contributed by atoms with Crippen molar-refractivity contribution in [2.24, 2.45) is 5.92 Å². The van der Waals surface area contributed by atoms with Gasteiger partial charge in [0.15, 0.2) is 0 Å². The van der Waals surface area contributed by atoms with Crippen molar-refractivity contribution in [3.63, 3.8) is 0 Å². The predicted molar refractivity (Wildman–Crippen MR) is 88.1 cm³/mol. The van der Waals surface area contributed by atoms with E-state index in [1.807, 2.05) is 18.3 Å². The highest BCUT2D eigenvalue weighted by molar-refractivity contribution is 6.02. The largest absolute Gasteiger partial charge is 0.309 e. The third kappa shape index (κ3) is 2.41. The highest BCUT2D eigenvalue weighted by atomic mass is 16.2. The molecule has 1 amide bonds. The summed E-state index contributed by atoms with van der Waals surface area (Å²) in [4.78, 5) is 14.0. The van der Waals surface area contributed by atoms with E-state index < -0.39 is 5.92 Å². The summed E-state index contributed by atoms with van der Waals surface area (Å²) in [5.74, 6) is -0.743. The van der Waals surface area contributed by atoms with Crippen molar-refractivity contribution in [2.45, 2.75) is 13.0 Å². The highest BCUT2D eigenvalue weighted by Crippen LogP contribution is 2.31. The Morgan fingerprint density at radius 1 is 1.24 bits per heavy atom. The zero-order chi connectivity index (χ0) is 17.4. The fourth-order valence-electron chi connectivity index (χ4n) is 3.10. The van der Waals surface area contributed by atoms with Gasteiger partial charge >= 0.3 is 0 Å². The molecular weight excluding hydrogens is 318 g/mol. The van der Waals surface area contributed by atoms with E-state index in [4.69, 9.17) is 10.5 Å². The van der Waals surface area contributed by atoms with E-state index in [0.29, 0.717) is 13.0 Å². The summed E-state index contributed by atoms with van der Waals surface area (Å²) in [6.07, 6.45) is 7.52. The summed E-state index contributed by atoms with van der Waals surface area (Å²) >= 11 is 0. The molecule has 8 nitrogen and oxygen atoms in total. The van der Waals surface area contributed by atoms with Crippen molar-refractivity contribution in [3.8, 4) is 23.3 Å². The SMILES string of the molecule is N#CCn1cc(-c2cc3c(N4CCC(C#N)C4=O)ccnn3c2)cn1. The molecule has 3 aromatic heterocycles. The summed E-state index contributed by atoms with van der Waals surface area (Å²) in [5, 5.41) is 26.3. The van der Waals surface area contributed by atoms with Crippen molar-refractivity contribution in [3.05, 3.63) is 36.9 Å². The van der Waals surface area contributed by atoms with Gasteiger partial charge in [-0.2, -0.15) is 20.7 Å². The van der Waals surface area contributed by atoms with Gasteiger partial charge < -0.3 is 4.90 Å². The van der Waals surface area contributed by atoms with E-state index in [9.17, 15) is 4.79 Å². The van der Waals surface area contributed by atoms with E-state index in [2.05, 4.69) is 16.3 Å². The number of nitriles is 2. The second-order valence-corrected chi connectivity index (χ2v) is 5.82. The van der Waals surface area contributed by atoms with Crippen molar-refractivity contribution < 1.29 is 4.79 Å². The molecule has 0 aromatic carbocycles. The summed E-state index contributed by atoms with van der Waals surface area (Å²) in [6, 6.07) is 7.83. The van der Waals surface area contributed by atoms with Crippen LogP contribution in [0.3, 0.4) is 0 Å². The number of hydrogen-bond acceptors (Lipinski definition) is 5. The van der Waals surface area contributed by atoms with Gasteiger partial charge in [0.25, 0.3) is 0 Å². The first-order valence-electron chi connectivity index (χ1n) is 7.79. The Morgan fingerprint density at radius 3 is 2.88 bits per heavy atom. The molecule has 1 unspecified atom stereocenters. The molecule has 1 aliphatic heterocycles. The molecule has 0 radical (unpaired) electrons. The molecule has 0 spiro atoms. The molecule has 0 aliphatic carbocycles. The Kier molecular flexibility index (Phi) is 3.44. The van der Waals surface area contributed by atoms with Crippen LogP contribution in [0.15, 0.2) is 36.9 Å². The molecule has 122 valence electrons. The fraction of sp³-hybridized carbons (Fsp3) is 0.235. The van der Waals surface area contributed by atoms with Crippen molar-refractivity contribution >= 4 is 17.1 Å². The minimum Gasteiger partial charge on any atom is -0.309 e. The molecule has 0 N–H and O–H groups in total. The molecule has 25 heavy (non-hydrogen) atoms. The van der Waals surface area contributed by atoms with Crippen LogP contribution in [0.4, 0.5) is 5.69 Å². The number of carbonyl (C=O) groups is 1. The first-order chi connectivity index (χ1) is 12.2. The smallest absolute Gasteiger partial charge is 0.244 e. The maximum atomic E-state index is 12.4. The second kappa shape index (κ2) is 5.77. The van der Waals surface area contributed by atoms with Gasteiger partial charge in [0, 0.05) is 36.3 Å². The Bertz CT molecular complexity index is 1050. The molecule has 1 atom stereocenters. The minimum absolute atomic E-state index is 0.166. The van der Waals surface area contributed by atoms with Crippen molar-refractivity contribution in [1.29, 1.82) is 10.5 Å². The van der Waals surface area contributed by atoms with Gasteiger partial charge in [-0.15, -0.1) is 0 Å². The Hall–Kier alpha value is -3.65. The second-order valence-electron chi connectivity index (χ2n) is 5.82. The summed E-state index contributed by atoms with van der Waals surface area (Å²) in [6.45, 7) is 0.714. The van der Waals surface area contributed by atoms with Gasteiger partial charge in [-0.05, 0) is 18.6 Å². The zero-order valence-electron chi connectivity index (χ0n) is 13.2. The normalized spacial score (nSPS) is 17.0. The molecule has 0 saturated carbocycles. The Balaban J connectivity index is 1.75. The van der Waals surface area contributed by atoms with Crippen LogP contribution in [-0.4, -0.2) is 31.8 Å². The van der Waals surface area contributed by atoms with E-state index in [1.54, 1.807) is 38.8 Å². The van der Waals surface area contributed by atoms with E-state index in [0.717, 1.165) is 22.3 Å². The first kappa shape index (κ1) is 14.9. The van der Waals surface area contributed by atoms with Crippen LogP contribution in [0.1, 0.15) is 6.42 Å². The van der Waals surface area contributed by atoms with Crippen LogP contribution < -0.4 is 4.90 Å². The minimum atomic E-state index is -0.577. The van der Waals surface area contributed by atoms with Crippen molar-refractivity contribution in [1.82, 2.24) is 19.4 Å². The predicted octanol–water partition coefficient (Wildman–Crippen LogP) is 1.60. The number of nitrogens with zero attached hydrogens (tertiary/aromatic N) is 7. The van der Waals surface area contributed by atoms with Crippen molar-refractivity contribution in [2.75, 3.05) is 11.4 Å². The Morgan fingerprint density at radius 2 is 2.12 bits per heavy atom. The number of fused-ring (bicyclic) bond motifs is 1. The van der Waals surface area contributed by atoms with Crippen LogP contribution in [0, 0.1) is 28.6 Å². The summed E-state index contributed by atoms with van der Waals surface area (Å²) < 4.78 is 3.27. The maximum absolute atomic E-state index is 12.4. The van der Waals surface area contributed by atoms with Gasteiger partial charge in [-0.1, -0.05) is 0 Å². The number of anilines is 1. The molecule has 0 bridgehead atoms. The average molecular weight is 331 g/mol. The Labute approximate surface area is 143 Å². The van der Waals surface area contributed by atoms with Crippen LogP contribution in [0.2, 0.25) is 0 Å². The highest BCUT2D eigenvalue weighted by Gasteiger charge is 2.33. The van der Waals surface area contributed by atoms with Crippen LogP contribution in [0.25, 0.3) is 16.6 Å². The number of aromatic nitrogens is 4. The number of carbonyl (C=O) groups excluding carboxylic acids is 1. The lowest BCUT2D eigenvalue weighted by atomic mass is 10.1. The average Bonchev–Trinajstić information content (AvgIpc) is 3.32. The quantitative estimate of drug-likeness (QED) is 0.725. The molecule has 1 saturated heterocycles. The van der Waals surface area contributed by atoms with Gasteiger partial charge in [-0.25, -0.2) is 4.52 Å². The third-order valence-electron chi connectivity index (χ3n) is 4.34. The number of rotatable bonds is 3. The van der Waals surface area contributed by atoms with Crippen LogP contribution in [-0.2, 0) is 11.3 Å². The van der Waals surface area contributed by atoms with E-state index in [-0.39, 0.29) is 12.5 Å². The van der Waals surface area contributed by atoms with E-state index in [1.165, 1.54) is 0 Å². The molecular formula is C17H13N7O. The fourth-order valence-corrected chi connectivity index (χ4v) is 3.10. The molecule has 4 heterocycles. The molecule has 1 fully saturated rings. The first-order valence-corrected chi connectivity index (χ1v) is 7.79. The van der Waals surface area contributed by atoms with Gasteiger partial charge in [0.1, 0.15) is 12.5 Å². The lowest BCUT2D eigenvalue weighted by molar-refractivity contribution is -0.118. The van der Waals surface area contributed by atoms with Crippen LogP contribution >= 0.6 is 0 Å². The molecule has 1 aliphatic rings. The van der Waals surface area contributed by atoms with Crippen LogP contribution in [0.5, 0.6) is 0 Å². The zero-order valence-corrected chi connectivity index (χ0v) is 13.2. The number of amides is 1. The van der Waals surface area contributed by atoms with Gasteiger partial charge in [-0.3, -0.25) is 9.48 Å². The summed E-state index contributed by atoms with van der Waals surface area (Å²) in [7, 11) is 0. The maximum Gasteiger partial charge on any atom is 0.244 e. The molecule has 3 aromatic rings. The molecule has 8 heteroatoms. The van der Waals surface area contributed by atoms with E-state index >= 15 is 0 Å². The van der Waals surface area contributed by atoms with Gasteiger partial charge in [0.05, 0.1) is 29.5 Å². The third-order valence-corrected chi connectivity index (χ3v) is 4.34. The number of hydrogen-bond donors (Lipinski definition) is 0.